The van der Waals surface area contributed by atoms with E-state index in [0.717, 1.165) is 17.8 Å². The number of aromatic nitrogens is 1. The number of rotatable bonds is 10. The second kappa shape index (κ2) is 13.8. The van der Waals surface area contributed by atoms with E-state index in [1.807, 2.05) is 5.38 Å². The molecule has 0 radical (unpaired) electrons. The number of esters is 1. The lowest BCUT2D eigenvalue weighted by Crippen LogP contribution is -2.28. The highest BCUT2D eigenvalue weighted by Crippen LogP contribution is 2.32. The van der Waals surface area contributed by atoms with Crippen molar-refractivity contribution in [2.45, 2.75) is 45.4 Å². The van der Waals surface area contributed by atoms with E-state index in [0.29, 0.717) is 40.4 Å². The quantitative estimate of drug-likeness (QED) is 0.158. The maximum atomic E-state index is 13.3. The zero-order chi connectivity index (χ0) is 32.8. The van der Waals surface area contributed by atoms with Gasteiger partial charge in [-0.05, 0) is 86.7 Å². The van der Waals surface area contributed by atoms with Gasteiger partial charge in [0.25, 0.3) is 5.91 Å². The fraction of sp³-hybridized carbons (Fsp3) is 0.250. The van der Waals surface area contributed by atoms with Crippen molar-refractivity contribution in [1.82, 2.24) is 4.98 Å². The Bertz CT molecular complexity index is 1680. The number of nitrogens with two attached hydrogens (primary N) is 1. The zero-order valence-electron chi connectivity index (χ0n) is 24.7. The Labute approximate surface area is 261 Å². The van der Waals surface area contributed by atoms with Crippen LogP contribution in [0.1, 0.15) is 48.0 Å². The normalized spacial score (nSPS) is 11.5. The number of halogens is 3. The van der Waals surface area contributed by atoms with E-state index >= 15 is 0 Å². The molecule has 4 aromatic rings. The number of hydrogen-bond donors (Lipinski definition) is 3. The molecule has 13 heteroatoms. The molecule has 236 valence electrons. The zero-order valence-corrected chi connectivity index (χ0v) is 25.5. The number of carbonyl (C=O) groups is 3. The number of benzene rings is 3. The summed E-state index contributed by atoms with van der Waals surface area (Å²) in [7, 11) is 0. The fourth-order valence-corrected chi connectivity index (χ4v) is 5.07. The van der Waals surface area contributed by atoms with Crippen molar-refractivity contribution in [3.05, 3.63) is 94.5 Å². The van der Waals surface area contributed by atoms with Gasteiger partial charge >= 0.3 is 18.2 Å². The Balaban J connectivity index is 1.47. The van der Waals surface area contributed by atoms with Gasteiger partial charge in [-0.25, -0.2) is 9.78 Å². The molecule has 0 saturated heterocycles. The highest BCUT2D eigenvalue weighted by molar-refractivity contribution is 7.13. The highest BCUT2D eigenvalue weighted by atomic mass is 32.1. The Kier molecular flexibility index (Phi) is 10.1. The van der Waals surface area contributed by atoms with Gasteiger partial charge in [0.05, 0.1) is 11.3 Å². The third-order valence-corrected chi connectivity index (χ3v) is 7.08. The number of carbonyl (C=O) groups excluding carboxylic acids is 3. The van der Waals surface area contributed by atoms with E-state index < -0.39 is 35.3 Å². The lowest BCUT2D eigenvalue weighted by Gasteiger charge is -2.19. The predicted octanol–water partition coefficient (Wildman–Crippen LogP) is 7.08. The lowest BCUT2D eigenvalue weighted by atomic mass is 9.98. The number of aryl methyl sites for hydroxylation is 2. The van der Waals surface area contributed by atoms with Gasteiger partial charge in [0.15, 0.2) is 5.13 Å². The summed E-state index contributed by atoms with van der Waals surface area (Å²) in [6.07, 6.45) is -4.67. The van der Waals surface area contributed by atoms with Gasteiger partial charge in [0, 0.05) is 16.6 Å². The number of ether oxygens (including phenoxy) is 2. The van der Waals surface area contributed by atoms with Crippen LogP contribution in [0.4, 0.5) is 28.8 Å². The number of hydrogen-bond acceptors (Lipinski definition) is 8. The Morgan fingerprint density at radius 1 is 0.956 bits per heavy atom. The molecule has 4 rings (SSSR count). The van der Waals surface area contributed by atoms with Crippen LogP contribution in [0.2, 0.25) is 0 Å². The van der Waals surface area contributed by atoms with Crippen molar-refractivity contribution >= 4 is 40.1 Å². The topological polar surface area (TPSA) is 133 Å². The number of nitrogens with zero attached hydrogens (tertiary/aromatic N) is 1. The minimum atomic E-state index is -4.47. The van der Waals surface area contributed by atoms with E-state index in [1.54, 1.807) is 57.2 Å². The SMILES string of the molecule is CC(C)(C)OC(=O)CNc1nc(CCc2cc(NC(=O)c3ccccc3-c3ccc(C(F)(F)F)cc3)ccc2OC(N)=O)cs1. The second-order valence-corrected chi connectivity index (χ2v) is 11.8. The molecule has 0 aliphatic carbocycles. The first-order chi connectivity index (χ1) is 21.2. The van der Waals surface area contributed by atoms with Crippen LogP contribution < -0.4 is 21.1 Å². The molecule has 2 amide bonds. The van der Waals surface area contributed by atoms with Crippen LogP contribution in [-0.2, 0) is 28.5 Å². The number of amides is 2. The first-order valence-electron chi connectivity index (χ1n) is 13.8. The fourth-order valence-electron chi connectivity index (χ4n) is 4.32. The van der Waals surface area contributed by atoms with Crippen LogP contribution >= 0.6 is 11.3 Å². The Morgan fingerprint density at radius 2 is 1.67 bits per heavy atom. The van der Waals surface area contributed by atoms with Crippen LogP contribution in [0.25, 0.3) is 11.1 Å². The average molecular weight is 641 g/mol. The van der Waals surface area contributed by atoms with Gasteiger partial charge in [-0.1, -0.05) is 30.3 Å². The number of anilines is 2. The van der Waals surface area contributed by atoms with Crippen molar-refractivity contribution in [2.75, 3.05) is 17.2 Å². The van der Waals surface area contributed by atoms with Gasteiger partial charge < -0.3 is 25.8 Å². The summed E-state index contributed by atoms with van der Waals surface area (Å²) >= 11 is 1.32. The monoisotopic (exact) mass is 640 g/mol. The second-order valence-electron chi connectivity index (χ2n) is 10.9. The molecule has 9 nitrogen and oxygen atoms in total. The van der Waals surface area contributed by atoms with Crippen molar-refractivity contribution < 1.29 is 37.0 Å². The average Bonchev–Trinajstić information content (AvgIpc) is 3.42. The van der Waals surface area contributed by atoms with Crippen LogP contribution in [0.5, 0.6) is 5.75 Å². The molecule has 0 aliphatic heterocycles. The van der Waals surface area contributed by atoms with Gasteiger partial charge in [-0.3, -0.25) is 9.59 Å². The molecule has 1 aromatic heterocycles. The number of primary amides is 1. The summed E-state index contributed by atoms with van der Waals surface area (Å²) < 4.78 is 49.6. The van der Waals surface area contributed by atoms with Gasteiger partial charge in [-0.15, -0.1) is 11.3 Å². The number of alkyl halides is 3. The van der Waals surface area contributed by atoms with Gasteiger partial charge in [0.1, 0.15) is 17.9 Å². The van der Waals surface area contributed by atoms with Crippen molar-refractivity contribution in [3.63, 3.8) is 0 Å². The molecule has 0 unspecified atom stereocenters. The molecule has 0 atom stereocenters. The third-order valence-electron chi connectivity index (χ3n) is 6.23. The van der Waals surface area contributed by atoms with Gasteiger partial charge in [0.2, 0.25) is 0 Å². The van der Waals surface area contributed by atoms with E-state index in [-0.39, 0.29) is 17.9 Å². The molecular weight excluding hydrogens is 609 g/mol. The minimum Gasteiger partial charge on any atom is -0.459 e. The third kappa shape index (κ3) is 9.54. The van der Waals surface area contributed by atoms with Crippen LogP contribution in [0, 0.1) is 0 Å². The minimum absolute atomic E-state index is 0.0371. The maximum Gasteiger partial charge on any atom is 0.416 e. The van der Waals surface area contributed by atoms with Crippen LogP contribution in [0.3, 0.4) is 0 Å². The first-order valence-corrected chi connectivity index (χ1v) is 14.6. The van der Waals surface area contributed by atoms with Crippen molar-refractivity contribution in [2.24, 2.45) is 5.73 Å². The highest BCUT2D eigenvalue weighted by Gasteiger charge is 2.30. The van der Waals surface area contributed by atoms with Gasteiger partial charge in [-0.2, -0.15) is 13.2 Å². The molecule has 0 saturated carbocycles. The molecule has 0 aliphatic rings. The van der Waals surface area contributed by atoms with E-state index in [2.05, 4.69) is 15.6 Å². The molecule has 45 heavy (non-hydrogen) atoms. The molecule has 3 aromatic carbocycles. The molecule has 4 N–H and O–H groups in total. The van der Waals surface area contributed by atoms with Crippen molar-refractivity contribution in [3.8, 4) is 16.9 Å². The lowest BCUT2D eigenvalue weighted by molar-refractivity contribution is -0.152. The van der Waals surface area contributed by atoms with Crippen LogP contribution in [0.15, 0.2) is 72.1 Å². The summed E-state index contributed by atoms with van der Waals surface area (Å²) in [5.74, 6) is -0.683. The summed E-state index contributed by atoms with van der Waals surface area (Å²) in [4.78, 5) is 41.3. The van der Waals surface area contributed by atoms with Crippen molar-refractivity contribution in [1.29, 1.82) is 0 Å². The summed E-state index contributed by atoms with van der Waals surface area (Å²) in [5.41, 5.74) is 6.71. The molecule has 0 fully saturated rings. The summed E-state index contributed by atoms with van der Waals surface area (Å²) in [6, 6.07) is 15.8. The smallest absolute Gasteiger partial charge is 0.416 e. The van der Waals surface area contributed by atoms with E-state index in [4.69, 9.17) is 15.2 Å². The predicted molar refractivity (Wildman–Crippen MR) is 165 cm³/mol. The molecule has 1 heterocycles. The van der Waals surface area contributed by atoms with E-state index in [1.165, 1.54) is 29.5 Å². The Hall–Kier alpha value is -4.91. The van der Waals surface area contributed by atoms with Crippen LogP contribution in [-0.4, -0.2) is 35.1 Å². The number of thiazole rings is 1. The summed E-state index contributed by atoms with van der Waals surface area (Å²) in [5, 5.41) is 8.13. The molecular formula is C32H31F3N4O5S. The maximum absolute atomic E-state index is 13.3. The summed E-state index contributed by atoms with van der Waals surface area (Å²) in [6.45, 7) is 5.31. The largest absolute Gasteiger partial charge is 0.459 e. The number of nitrogens with one attached hydrogen (secondary N) is 2. The molecule has 0 bridgehead atoms. The first kappa shape index (κ1) is 33.0. The molecule has 0 spiro atoms. The standard InChI is InChI=1S/C32H31F3N4O5S/c1-31(2,3)44-27(40)17-37-30-39-23(18-45-30)13-10-20-16-22(14-15-26(20)43-29(36)42)38-28(41)25-7-5-4-6-24(25)19-8-11-21(12-9-19)32(33,34)35/h4-9,11-12,14-16,18H,10,13,17H2,1-3H3,(H2,36,42)(H,37,39)(H,38,41). The van der Waals surface area contributed by atoms with E-state index in [9.17, 15) is 27.6 Å². The Morgan fingerprint density at radius 3 is 2.33 bits per heavy atom.